The molecule has 0 unspecified atom stereocenters. The topological polar surface area (TPSA) is 72.1 Å². The molecule has 142 valence electrons. The Labute approximate surface area is 168 Å². The van der Waals surface area contributed by atoms with Gasteiger partial charge in [-0.3, -0.25) is 4.99 Å². The first-order valence-electron chi connectivity index (χ1n) is 8.41. The molecule has 2 aromatic heterocycles. The number of nitrogens with one attached hydrogen (secondary N) is 2. The van der Waals surface area contributed by atoms with E-state index in [2.05, 4.69) is 43.9 Å². The maximum atomic E-state index is 6.10. The predicted octanol–water partition coefficient (Wildman–Crippen LogP) is 2.84. The number of halogens is 2. The van der Waals surface area contributed by atoms with Gasteiger partial charge in [-0.25, -0.2) is 9.67 Å². The molecule has 27 heavy (non-hydrogen) atoms. The van der Waals surface area contributed by atoms with Crippen LogP contribution in [0.5, 0.6) is 0 Å². The highest BCUT2D eigenvalue weighted by Crippen LogP contribution is 2.24. The van der Waals surface area contributed by atoms with Crippen molar-refractivity contribution in [2.75, 3.05) is 7.05 Å². The fourth-order valence-electron chi connectivity index (χ4n) is 2.68. The molecule has 1 aromatic carbocycles. The lowest BCUT2D eigenvalue weighted by molar-refractivity contribution is 0.683. The van der Waals surface area contributed by atoms with Crippen LogP contribution >= 0.6 is 23.2 Å². The van der Waals surface area contributed by atoms with Crippen molar-refractivity contribution in [2.24, 2.45) is 12.0 Å². The Morgan fingerprint density at radius 2 is 1.93 bits per heavy atom. The van der Waals surface area contributed by atoms with Crippen LogP contribution in [0.1, 0.15) is 16.8 Å². The number of aliphatic imine (C=N–C) groups is 1. The van der Waals surface area contributed by atoms with Gasteiger partial charge < -0.3 is 15.2 Å². The number of benzene rings is 1. The van der Waals surface area contributed by atoms with E-state index in [1.165, 1.54) is 6.33 Å². The molecule has 0 atom stereocenters. The summed E-state index contributed by atoms with van der Waals surface area (Å²) in [5.74, 6) is 0.699. The summed E-state index contributed by atoms with van der Waals surface area (Å²) in [7, 11) is 3.61. The molecule has 0 aliphatic heterocycles. The van der Waals surface area contributed by atoms with Crippen molar-refractivity contribution in [3.8, 4) is 0 Å². The molecule has 0 fully saturated rings. The van der Waals surface area contributed by atoms with Crippen LogP contribution in [0.3, 0.4) is 0 Å². The van der Waals surface area contributed by atoms with E-state index in [0.29, 0.717) is 35.8 Å². The second kappa shape index (κ2) is 8.92. The summed E-state index contributed by atoms with van der Waals surface area (Å²) in [6.45, 7) is 1.91. The van der Waals surface area contributed by atoms with Crippen LogP contribution < -0.4 is 10.6 Å². The summed E-state index contributed by atoms with van der Waals surface area (Å²) in [6, 6.07) is 10.2. The van der Waals surface area contributed by atoms with Crippen LogP contribution in [0.15, 0.2) is 48.0 Å². The molecule has 0 aliphatic rings. The van der Waals surface area contributed by atoms with E-state index in [-0.39, 0.29) is 0 Å². The average molecular weight is 406 g/mol. The zero-order valence-electron chi connectivity index (χ0n) is 15.2. The van der Waals surface area contributed by atoms with E-state index in [1.807, 2.05) is 23.7 Å². The van der Waals surface area contributed by atoms with Crippen molar-refractivity contribution < 1.29 is 0 Å². The van der Waals surface area contributed by atoms with Gasteiger partial charge in [-0.2, -0.15) is 5.10 Å². The first kappa shape index (κ1) is 19.3. The first-order chi connectivity index (χ1) is 13.1. The molecular weight excluding hydrogens is 385 g/mol. The molecule has 9 heteroatoms. The van der Waals surface area contributed by atoms with Gasteiger partial charge in [0.05, 0.1) is 18.1 Å². The van der Waals surface area contributed by atoms with Gasteiger partial charge >= 0.3 is 0 Å². The van der Waals surface area contributed by atoms with Crippen molar-refractivity contribution in [3.05, 3.63) is 70.0 Å². The van der Waals surface area contributed by atoms with Gasteiger partial charge in [-0.05, 0) is 17.2 Å². The molecule has 2 heterocycles. The van der Waals surface area contributed by atoms with E-state index in [9.17, 15) is 0 Å². The molecule has 3 rings (SSSR count). The molecule has 0 amide bonds. The second-order valence-corrected chi connectivity index (χ2v) is 6.79. The normalized spacial score (nSPS) is 11.6. The van der Waals surface area contributed by atoms with Crippen LogP contribution in [0.4, 0.5) is 0 Å². The fourth-order valence-corrected chi connectivity index (χ4v) is 3.09. The Balaban J connectivity index is 1.55. The summed E-state index contributed by atoms with van der Waals surface area (Å²) in [4.78, 5) is 8.22. The molecule has 7 nitrogen and oxygen atoms in total. The molecular formula is C18H21Cl2N7. The van der Waals surface area contributed by atoms with Gasteiger partial charge in [0.25, 0.3) is 0 Å². The lowest BCUT2D eigenvalue weighted by Crippen LogP contribution is -2.36. The Bertz CT molecular complexity index is 916. The standard InChI is InChI=1S/C18H21Cl2N7/c1-21-18(24-9-15-7-16(19)17(20)26(15)2)23-8-13-4-3-5-14(6-13)10-27-12-22-11-25-27/h3-7,11-12H,8-10H2,1-2H3,(H2,21,23,24). The van der Waals surface area contributed by atoms with E-state index in [4.69, 9.17) is 23.2 Å². The molecule has 0 spiro atoms. The highest BCUT2D eigenvalue weighted by molar-refractivity contribution is 6.41. The average Bonchev–Trinajstić information content (AvgIpc) is 3.26. The molecule has 0 radical (unpaired) electrons. The number of nitrogens with zero attached hydrogens (tertiary/aromatic N) is 5. The summed E-state index contributed by atoms with van der Waals surface area (Å²) in [5.41, 5.74) is 3.29. The largest absolute Gasteiger partial charge is 0.352 e. The lowest BCUT2D eigenvalue weighted by atomic mass is 10.1. The smallest absolute Gasteiger partial charge is 0.191 e. The summed E-state index contributed by atoms with van der Waals surface area (Å²) >= 11 is 12.2. The maximum absolute atomic E-state index is 6.10. The van der Waals surface area contributed by atoms with E-state index < -0.39 is 0 Å². The van der Waals surface area contributed by atoms with E-state index in [0.717, 1.165) is 16.8 Å². The van der Waals surface area contributed by atoms with Crippen LogP contribution in [-0.4, -0.2) is 32.3 Å². The van der Waals surface area contributed by atoms with Crippen molar-refractivity contribution in [3.63, 3.8) is 0 Å². The Morgan fingerprint density at radius 3 is 2.59 bits per heavy atom. The zero-order chi connectivity index (χ0) is 19.2. The van der Waals surface area contributed by atoms with Gasteiger partial charge in [0.1, 0.15) is 17.8 Å². The van der Waals surface area contributed by atoms with Gasteiger partial charge in [-0.15, -0.1) is 0 Å². The molecule has 3 aromatic rings. The Morgan fingerprint density at radius 1 is 1.15 bits per heavy atom. The summed E-state index contributed by atoms with van der Waals surface area (Å²) < 4.78 is 3.64. The minimum Gasteiger partial charge on any atom is -0.352 e. The monoisotopic (exact) mass is 405 g/mol. The zero-order valence-corrected chi connectivity index (χ0v) is 16.7. The van der Waals surface area contributed by atoms with Gasteiger partial charge in [-0.1, -0.05) is 47.5 Å². The van der Waals surface area contributed by atoms with Crippen LogP contribution in [0.25, 0.3) is 0 Å². The Kier molecular flexibility index (Phi) is 6.36. The third-order valence-corrected chi connectivity index (χ3v) is 4.98. The molecule has 0 bridgehead atoms. The number of guanidine groups is 1. The molecule has 0 aliphatic carbocycles. The second-order valence-electron chi connectivity index (χ2n) is 6.03. The lowest BCUT2D eigenvalue weighted by Gasteiger charge is -2.13. The third kappa shape index (κ3) is 5.02. The number of hydrogen-bond donors (Lipinski definition) is 2. The highest BCUT2D eigenvalue weighted by atomic mass is 35.5. The number of rotatable bonds is 6. The van der Waals surface area contributed by atoms with Crippen LogP contribution in [0, 0.1) is 0 Å². The van der Waals surface area contributed by atoms with Gasteiger partial charge in [0.2, 0.25) is 0 Å². The SMILES string of the molecule is CN=C(NCc1cccc(Cn2cncn2)c1)NCc1cc(Cl)c(Cl)n1C. The number of hydrogen-bond acceptors (Lipinski definition) is 3. The van der Waals surface area contributed by atoms with Gasteiger partial charge in [0, 0.05) is 26.3 Å². The molecule has 0 saturated carbocycles. The van der Waals surface area contributed by atoms with Crippen molar-refractivity contribution in [1.82, 2.24) is 30.0 Å². The minimum absolute atomic E-state index is 0.528. The first-order valence-corrected chi connectivity index (χ1v) is 9.16. The predicted molar refractivity (Wildman–Crippen MR) is 108 cm³/mol. The Hall–Kier alpha value is -2.51. The summed E-state index contributed by atoms with van der Waals surface area (Å²) in [6.07, 6.45) is 3.24. The third-order valence-electron chi connectivity index (χ3n) is 4.14. The molecule has 0 saturated heterocycles. The van der Waals surface area contributed by atoms with Crippen molar-refractivity contribution in [1.29, 1.82) is 0 Å². The van der Waals surface area contributed by atoms with Crippen LogP contribution in [0.2, 0.25) is 10.2 Å². The summed E-state index contributed by atoms with van der Waals surface area (Å²) in [5, 5.41) is 11.8. The highest BCUT2D eigenvalue weighted by Gasteiger charge is 2.09. The minimum atomic E-state index is 0.528. The van der Waals surface area contributed by atoms with Gasteiger partial charge in [0.15, 0.2) is 5.96 Å². The van der Waals surface area contributed by atoms with Crippen molar-refractivity contribution in [2.45, 2.75) is 19.6 Å². The van der Waals surface area contributed by atoms with E-state index >= 15 is 0 Å². The molecule has 2 N–H and O–H groups in total. The maximum Gasteiger partial charge on any atom is 0.191 e. The number of aromatic nitrogens is 4. The fraction of sp³-hybridized carbons (Fsp3) is 0.278. The van der Waals surface area contributed by atoms with Crippen molar-refractivity contribution >= 4 is 29.2 Å². The van der Waals surface area contributed by atoms with E-state index in [1.54, 1.807) is 18.1 Å². The quantitative estimate of drug-likeness (QED) is 0.488. The van der Waals surface area contributed by atoms with Crippen LogP contribution in [-0.2, 0) is 26.7 Å².